The van der Waals surface area contributed by atoms with E-state index in [9.17, 15) is 9.18 Å². The number of halogens is 2. The SMILES string of the molecule is COCC(=O)C1=C(Nc2ccc(I)cc2F)N(C)CN(C)C1. The fraction of sp³-hybridized carbons (Fsp3) is 0.400. The molecule has 1 heterocycles. The van der Waals surface area contributed by atoms with Crippen LogP contribution >= 0.6 is 22.6 Å². The molecule has 7 heteroatoms. The van der Waals surface area contributed by atoms with Gasteiger partial charge in [-0.05, 0) is 47.8 Å². The van der Waals surface area contributed by atoms with Gasteiger partial charge >= 0.3 is 0 Å². The lowest BCUT2D eigenvalue weighted by molar-refractivity contribution is -0.119. The quantitative estimate of drug-likeness (QED) is 0.741. The van der Waals surface area contributed by atoms with Crippen molar-refractivity contribution < 1.29 is 13.9 Å². The van der Waals surface area contributed by atoms with E-state index in [1.165, 1.54) is 13.2 Å². The summed E-state index contributed by atoms with van der Waals surface area (Å²) < 4.78 is 19.8. The van der Waals surface area contributed by atoms with E-state index in [0.717, 1.165) is 3.57 Å². The van der Waals surface area contributed by atoms with Crippen LogP contribution in [0.3, 0.4) is 0 Å². The lowest BCUT2D eigenvalue weighted by Gasteiger charge is -2.36. The van der Waals surface area contributed by atoms with Crippen LogP contribution in [0.2, 0.25) is 0 Å². The molecule has 0 unspecified atom stereocenters. The van der Waals surface area contributed by atoms with Crippen molar-refractivity contribution in [2.24, 2.45) is 0 Å². The van der Waals surface area contributed by atoms with Crippen molar-refractivity contribution in [2.45, 2.75) is 0 Å². The molecule has 5 nitrogen and oxygen atoms in total. The molecule has 1 aliphatic rings. The van der Waals surface area contributed by atoms with Crippen molar-refractivity contribution in [3.05, 3.63) is 39.0 Å². The summed E-state index contributed by atoms with van der Waals surface area (Å²) in [7, 11) is 5.28. The van der Waals surface area contributed by atoms with Gasteiger partial charge in [0.25, 0.3) is 0 Å². The third kappa shape index (κ3) is 3.96. The van der Waals surface area contributed by atoms with Gasteiger partial charge in [0.15, 0.2) is 5.78 Å². The van der Waals surface area contributed by atoms with Crippen LogP contribution in [0.25, 0.3) is 0 Å². The second kappa shape index (κ2) is 7.38. The first-order chi connectivity index (χ1) is 10.4. The number of Topliss-reactive ketones (excluding diaryl/α,β-unsaturated/α-hetero) is 1. The Morgan fingerprint density at radius 2 is 2.18 bits per heavy atom. The average molecular weight is 419 g/mol. The Kier molecular flexibility index (Phi) is 5.76. The lowest BCUT2D eigenvalue weighted by Crippen LogP contribution is -2.44. The molecule has 0 fully saturated rings. The number of carbonyl (C=O) groups is 1. The molecule has 22 heavy (non-hydrogen) atoms. The van der Waals surface area contributed by atoms with Crippen molar-refractivity contribution in [1.82, 2.24) is 9.80 Å². The summed E-state index contributed by atoms with van der Waals surface area (Å²) in [6, 6.07) is 4.95. The number of methoxy groups -OCH3 is 1. The van der Waals surface area contributed by atoms with Gasteiger partial charge in [-0.3, -0.25) is 9.69 Å². The highest BCUT2D eigenvalue weighted by Crippen LogP contribution is 2.23. The van der Waals surface area contributed by atoms with Gasteiger partial charge < -0.3 is 15.0 Å². The van der Waals surface area contributed by atoms with E-state index in [0.29, 0.717) is 30.3 Å². The number of likely N-dealkylation sites (N-methyl/N-ethyl adjacent to an activating group) is 1. The third-order valence-electron chi connectivity index (χ3n) is 3.35. The van der Waals surface area contributed by atoms with Gasteiger partial charge in [0.1, 0.15) is 18.2 Å². The molecule has 0 aliphatic carbocycles. The zero-order valence-electron chi connectivity index (χ0n) is 12.8. The second-order valence-corrected chi connectivity index (χ2v) is 6.53. The highest BCUT2D eigenvalue weighted by molar-refractivity contribution is 14.1. The van der Waals surface area contributed by atoms with Crippen molar-refractivity contribution in [1.29, 1.82) is 0 Å². The number of hydrogen-bond donors (Lipinski definition) is 1. The van der Waals surface area contributed by atoms with Crippen LogP contribution in [0.1, 0.15) is 0 Å². The summed E-state index contributed by atoms with van der Waals surface area (Å²) in [6.45, 7) is 1.16. The Bertz CT molecular complexity index is 606. The number of carbonyl (C=O) groups excluding carboxylic acids is 1. The minimum Gasteiger partial charge on any atom is -0.377 e. The van der Waals surface area contributed by atoms with Gasteiger partial charge in [0.2, 0.25) is 0 Å². The fourth-order valence-corrected chi connectivity index (χ4v) is 2.84. The van der Waals surface area contributed by atoms with Crippen LogP contribution in [0.15, 0.2) is 29.6 Å². The summed E-state index contributed by atoms with van der Waals surface area (Å²) in [6.07, 6.45) is 0. The Morgan fingerprint density at radius 3 is 2.82 bits per heavy atom. The van der Waals surface area contributed by atoms with E-state index in [1.54, 1.807) is 6.07 Å². The van der Waals surface area contributed by atoms with Crippen molar-refractivity contribution >= 4 is 34.1 Å². The molecule has 0 saturated carbocycles. The predicted molar refractivity (Wildman–Crippen MR) is 91.9 cm³/mol. The molecule has 0 amide bonds. The fourth-order valence-electron chi connectivity index (χ4n) is 2.39. The summed E-state index contributed by atoms with van der Waals surface area (Å²) in [5.74, 6) is 0.180. The van der Waals surface area contributed by atoms with E-state index in [-0.39, 0.29) is 18.2 Å². The summed E-state index contributed by atoms with van der Waals surface area (Å²) in [4.78, 5) is 16.2. The molecular formula is C15H19FIN3O2. The van der Waals surface area contributed by atoms with E-state index in [1.807, 2.05) is 30.0 Å². The summed E-state index contributed by atoms with van der Waals surface area (Å²) in [5.41, 5.74) is 0.950. The molecule has 0 bridgehead atoms. The topological polar surface area (TPSA) is 44.8 Å². The Labute approximate surface area is 143 Å². The van der Waals surface area contributed by atoms with Crippen molar-refractivity contribution in [3.63, 3.8) is 0 Å². The normalized spacial score (nSPS) is 16.1. The molecule has 0 spiro atoms. The first-order valence-electron chi connectivity index (χ1n) is 6.79. The van der Waals surface area contributed by atoms with Crippen LogP contribution in [0.5, 0.6) is 0 Å². The number of nitrogens with zero attached hydrogens (tertiary/aromatic N) is 2. The highest BCUT2D eigenvalue weighted by Gasteiger charge is 2.26. The van der Waals surface area contributed by atoms with E-state index >= 15 is 0 Å². The van der Waals surface area contributed by atoms with E-state index < -0.39 is 0 Å². The van der Waals surface area contributed by atoms with Gasteiger partial charge in [0, 0.05) is 24.3 Å². The molecule has 0 aromatic heterocycles. The maximum absolute atomic E-state index is 14.1. The van der Waals surface area contributed by atoms with Gasteiger partial charge in [-0.15, -0.1) is 0 Å². The van der Waals surface area contributed by atoms with Crippen LogP contribution in [-0.2, 0) is 9.53 Å². The molecular weight excluding hydrogens is 400 g/mol. The monoisotopic (exact) mass is 419 g/mol. The zero-order chi connectivity index (χ0) is 16.3. The number of ether oxygens (including phenoxy) is 1. The molecule has 0 atom stereocenters. The average Bonchev–Trinajstić information content (AvgIpc) is 2.44. The first-order valence-corrected chi connectivity index (χ1v) is 7.87. The number of benzene rings is 1. The Hall–Kier alpha value is -1.19. The number of nitrogens with one attached hydrogen (secondary N) is 1. The van der Waals surface area contributed by atoms with Crippen LogP contribution in [0.4, 0.5) is 10.1 Å². The molecule has 0 radical (unpaired) electrons. The Balaban J connectivity index is 2.36. The van der Waals surface area contributed by atoms with Crippen LogP contribution < -0.4 is 5.32 Å². The number of ketones is 1. The predicted octanol–water partition coefficient (Wildman–Crippen LogP) is 2.10. The first kappa shape index (κ1) is 17.2. The number of anilines is 1. The Morgan fingerprint density at radius 1 is 1.45 bits per heavy atom. The maximum Gasteiger partial charge on any atom is 0.189 e. The second-order valence-electron chi connectivity index (χ2n) is 5.29. The smallest absolute Gasteiger partial charge is 0.189 e. The number of rotatable bonds is 5. The van der Waals surface area contributed by atoms with Crippen molar-refractivity contribution in [2.75, 3.05) is 46.3 Å². The third-order valence-corrected chi connectivity index (χ3v) is 4.02. The molecule has 1 aliphatic heterocycles. The van der Waals surface area contributed by atoms with Gasteiger partial charge in [0.05, 0.1) is 17.9 Å². The van der Waals surface area contributed by atoms with Gasteiger partial charge in [-0.25, -0.2) is 4.39 Å². The number of hydrogen-bond acceptors (Lipinski definition) is 5. The molecule has 120 valence electrons. The minimum absolute atomic E-state index is 0.0113. The molecule has 1 N–H and O–H groups in total. The van der Waals surface area contributed by atoms with E-state index in [2.05, 4.69) is 27.9 Å². The van der Waals surface area contributed by atoms with Crippen LogP contribution in [0, 0.1) is 9.39 Å². The molecule has 0 saturated heterocycles. The minimum atomic E-state index is -0.342. The molecule has 1 aromatic carbocycles. The standard InChI is InChI=1S/C15H19FIN3O2/c1-19-7-11(14(21)8-22-3)15(20(2)9-19)18-13-5-4-10(17)6-12(13)16/h4-6,18H,7-9H2,1-3H3. The van der Waals surface area contributed by atoms with Crippen molar-refractivity contribution in [3.8, 4) is 0 Å². The summed E-state index contributed by atoms with van der Waals surface area (Å²) >= 11 is 2.06. The largest absolute Gasteiger partial charge is 0.377 e. The van der Waals surface area contributed by atoms with Gasteiger partial charge in [-0.2, -0.15) is 0 Å². The zero-order valence-corrected chi connectivity index (χ0v) is 15.0. The lowest BCUT2D eigenvalue weighted by atomic mass is 10.1. The molecule has 2 rings (SSSR count). The van der Waals surface area contributed by atoms with Crippen LogP contribution in [-0.4, -0.2) is 56.6 Å². The highest BCUT2D eigenvalue weighted by atomic mass is 127. The summed E-state index contributed by atoms with van der Waals surface area (Å²) in [5, 5.41) is 3.06. The van der Waals surface area contributed by atoms with Gasteiger partial charge in [-0.1, -0.05) is 0 Å². The van der Waals surface area contributed by atoms with E-state index in [4.69, 9.17) is 4.74 Å². The molecule has 1 aromatic rings. The maximum atomic E-state index is 14.1.